The Kier molecular flexibility index (Phi) is 3.34. The van der Waals surface area contributed by atoms with E-state index in [4.69, 9.17) is 23.2 Å². The molecule has 0 fully saturated rings. The maximum absolute atomic E-state index is 10.8. The van der Waals surface area contributed by atoms with Gasteiger partial charge in [-0.25, -0.2) is 0 Å². The van der Waals surface area contributed by atoms with Gasteiger partial charge in [0.2, 0.25) is 5.24 Å². The van der Waals surface area contributed by atoms with Crippen LogP contribution in [-0.4, -0.2) is 5.24 Å². The summed E-state index contributed by atoms with van der Waals surface area (Å²) in [4.78, 5) is 10.8. The highest BCUT2D eigenvalue weighted by molar-refractivity contribution is 6.68. The van der Waals surface area contributed by atoms with Crippen LogP contribution in [0.4, 0.5) is 0 Å². The van der Waals surface area contributed by atoms with Gasteiger partial charge in [0.05, 0.1) is 0 Å². The average molecular weight is 217 g/mol. The lowest BCUT2D eigenvalue weighted by Gasteiger charge is -2.09. The number of aryl methyl sites for hydroxylation is 2. The van der Waals surface area contributed by atoms with Gasteiger partial charge in [-0.3, -0.25) is 4.79 Å². The summed E-state index contributed by atoms with van der Waals surface area (Å²) in [7, 11) is 0. The van der Waals surface area contributed by atoms with Gasteiger partial charge in [-0.2, -0.15) is 0 Å². The Morgan fingerprint density at radius 2 is 2.00 bits per heavy atom. The van der Waals surface area contributed by atoms with Crippen LogP contribution in [0.25, 0.3) is 0 Å². The number of benzene rings is 1. The largest absolute Gasteiger partial charge is 0.279 e. The molecule has 0 N–H and O–H groups in total. The van der Waals surface area contributed by atoms with Crippen molar-refractivity contribution in [1.82, 2.24) is 0 Å². The van der Waals surface area contributed by atoms with Crippen molar-refractivity contribution in [3.05, 3.63) is 34.9 Å². The third-order valence-corrected chi connectivity index (χ3v) is 2.67. The van der Waals surface area contributed by atoms with E-state index in [9.17, 15) is 4.79 Å². The molecule has 0 aliphatic rings. The molecule has 1 unspecified atom stereocenters. The first-order valence-corrected chi connectivity index (χ1v) is 4.74. The lowest BCUT2D eigenvalue weighted by atomic mass is 10.0. The Morgan fingerprint density at radius 1 is 1.38 bits per heavy atom. The molecule has 0 amide bonds. The maximum atomic E-state index is 10.8. The summed E-state index contributed by atoms with van der Waals surface area (Å²) in [5, 5.41) is -1.27. The van der Waals surface area contributed by atoms with E-state index in [1.54, 1.807) is 0 Å². The van der Waals surface area contributed by atoms with Gasteiger partial charge in [0, 0.05) is 0 Å². The van der Waals surface area contributed by atoms with Crippen molar-refractivity contribution in [2.24, 2.45) is 0 Å². The molecule has 0 saturated carbocycles. The summed E-state index contributed by atoms with van der Waals surface area (Å²) in [5.41, 5.74) is 2.85. The predicted octanol–water partition coefficient (Wildman–Crippen LogP) is 3.35. The molecule has 3 heteroatoms. The monoisotopic (exact) mass is 216 g/mol. The fourth-order valence-corrected chi connectivity index (χ4v) is 1.51. The molecule has 0 aliphatic carbocycles. The van der Waals surface area contributed by atoms with Gasteiger partial charge in [-0.05, 0) is 36.6 Å². The SMILES string of the molecule is Cc1ccc(C)c(C(Cl)C(=O)Cl)c1. The summed E-state index contributed by atoms with van der Waals surface area (Å²) in [6.45, 7) is 3.86. The topological polar surface area (TPSA) is 17.1 Å². The van der Waals surface area contributed by atoms with Crippen molar-refractivity contribution in [3.63, 3.8) is 0 Å². The van der Waals surface area contributed by atoms with E-state index in [-0.39, 0.29) is 0 Å². The number of halogens is 2. The molecule has 0 spiro atoms. The standard InChI is InChI=1S/C10H10Cl2O/c1-6-3-4-7(2)8(5-6)9(11)10(12)13/h3-5,9H,1-2H3. The first-order chi connectivity index (χ1) is 6.02. The van der Waals surface area contributed by atoms with Crippen molar-refractivity contribution in [3.8, 4) is 0 Å². The second kappa shape index (κ2) is 4.12. The molecule has 1 rings (SSSR count). The highest BCUT2D eigenvalue weighted by atomic mass is 35.5. The molecule has 0 bridgehead atoms. The number of carbonyl (C=O) groups excluding carboxylic acids is 1. The highest BCUT2D eigenvalue weighted by Crippen LogP contribution is 2.26. The van der Waals surface area contributed by atoms with E-state index >= 15 is 0 Å². The molecule has 1 nitrogen and oxygen atoms in total. The Bertz CT molecular complexity index is 334. The molecule has 70 valence electrons. The number of rotatable bonds is 2. The minimum absolute atomic E-state index is 0.532. The number of hydrogen-bond donors (Lipinski definition) is 0. The molecule has 1 aromatic carbocycles. The molecule has 0 radical (unpaired) electrons. The van der Waals surface area contributed by atoms with Crippen LogP contribution in [0.2, 0.25) is 0 Å². The summed E-state index contributed by atoms with van der Waals surface area (Å²) < 4.78 is 0. The molecule has 13 heavy (non-hydrogen) atoms. The Morgan fingerprint density at radius 3 is 2.54 bits per heavy atom. The maximum Gasteiger partial charge on any atom is 0.244 e. The van der Waals surface area contributed by atoms with E-state index in [1.165, 1.54) is 0 Å². The van der Waals surface area contributed by atoms with Crippen LogP contribution in [0.5, 0.6) is 0 Å². The van der Waals surface area contributed by atoms with Crippen molar-refractivity contribution >= 4 is 28.4 Å². The smallest absolute Gasteiger partial charge is 0.244 e. The Labute approximate surface area is 87.7 Å². The minimum Gasteiger partial charge on any atom is -0.279 e. The molecule has 0 aliphatic heterocycles. The van der Waals surface area contributed by atoms with Crippen LogP contribution < -0.4 is 0 Å². The zero-order valence-corrected chi connectivity index (χ0v) is 8.99. The van der Waals surface area contributed by atoms with Gasteiger partial charge < -0.3 is 0 Å². The first kappa shape index (κ1) is 10.6. The van der Waals surface area contributed by atoms with Crippen LogP contribution in [-0.2, 0) is 4.79 Å². The Balaban J connectivity index is 3.12. The lowest BCUT2D eigenvalue weighted by Crippen LogP contribution is -2.01. The fourth-order valence-electron chi connectivity index (χ4n) is 1.16. The van der Waals surface area contributed by atoms with Crippen LogP contribution in [0.1, 0.15) is 22.1 Å². The van der Waals surface area contributed by atoms with Crippen molar-refractivity contribution in [1.29, 1.82) is 0 Å². The molecule has 1 aromatic rings. The molecular weight excluding hydrogens is 207 g/mol. The zero-order chi connectivity index (χ0) is 10.0. The predicted molar refractivity (Wildman–Crippen MR) is 55.4 cm³/mol. The van der Waals surface area contributed by atoms with Gasteiger partial charge in [-0.1, -0.05) is 23.8 Å². The van der Waals surface area contributed by atoms with Crippen LogP contribution in [0.15, 0.2) is 18.2 Å². The molecule has 0 aromatic heterocycles. The van der Waals surface area contributed by atoms with E-state index in [1.807, 2.05) is 32.0 Å². The van der Waals surface area contributed by atoms with Gasteiger partial charge in [0.15, 0.2) is 0 Å². The van der Waals surface area contributed by atoms with Gasteiger partial charge in [0.1, 0.15) is 5.38 Å². The quantitative estimate of drug-likeness (QED) is 0.548. The number of carbonyl (C=O) groups is 1. The van der Waals surface area contributed by atoms with Crippen molar-refractivity contribution in [2.45, 2.75) is 19.2 Å². The average Bonchev–Trinajstić information content (AvgIpc) is 2.08. The fraction of sp³-hybridized carbons (Fsp3) is 0.300. The number of hydrogen-bond acceptors (Lipinski definition) is 1. The summed E-state index contributed by atoms with van der Waals surface area (Å²) in [5.74, 6) is 0. The van der Waals surface area contributed by atoms with Gasteiger partial charge in [-0.15, -0.1) is 11.6 Å². The van der Waals surface area contributed by atoms with Crippen LogP contribution in [0.3, 0.4) is 0 Å². The number of alkyl halides is 1. The van der Waals surface area contributed by atoms with Gasteiger partial charge >= 0.3 is 0 Å². The molecule has 0 heterocycles. The van der Waals surface area contributed by atoms with Crippen LogP contribution in [0, 0.1) is 13.8 Å². The normalized spacial score (nSPS) is 12.6. The van der Waals surface area contributed by atoms with E-state index < -0.39 is 10.6 Å². The Hall–Kier alpha value is -0.530. The van der Waals surface area contributed by atoms with E-state index in [0.717, 1.165) is 16.7 Å². The first-order valence-electron chi connectivity index (χ1n) is 3.93. The third kappa shape index (κ3) is 2.45. The minimum atomic E-state index is -0.735. The molecule has 0 saturated heterocycles. The third-order valence-electron chi connectivity index (χ3n) is 1.91. The second-order valence-corrected chi connectivity index (χ2v) is 3.84. The van der Waals surface area contributed by atoms with Gasteiger partial charge in [0.25, 0.3) is 0 Å². The summed E-state index contributed by atoms with van der Waals surface area (Å²) >= 11 is 11.2. The van der Waals surface area contributed by atoms with Crippen LogP contribution >= 0.6 is 23.2 Å². The summed E-state index contributed by atoms with van der Waals surface area (Å²) in [6, 6.07) is 5.79. The zero-order valence-electron chi connectivity index (χ0n) is 7.47. The van der Waals surface area contributed by atoms with Crippen molar-refractivity contribution in [2.75, 3.05) is 0 Å². The molecule has 1 atom stereocenters. The van der Waals surface area contributed by atoms with E-state index in [0.29, 0.717) is 0 Å². The lowest BCUT2D eigenvalue weighted by molar-refractivity contribution is -0.111. The summed E-state index contributed by atoms with van der Waals surface area (Å²) in [6.07, 6.45) is 0. The molecular formula is C10H10Cl2O. The highest BCUT2D eigenvalue weighted by Gasteiger charge is 2.16. The van der Waals surface area contributed by atoms with Crippen molar-refractivity contribution < 1.29 is 4.79 Å². The second-order valence-electron chi connectivity index (χ2n) is 3.03. The van der Waals surface area contributed by atoms with E-state index in [2.05, 4.69) is 0 Å².